The number of nitrogens with one attached hydrogen (secondary N) is 1. The predicted molar refractivity (Wildman–Crippen MR) is 59.7 cm³/mol. The van der Waals surface area contributed by atoms with Crippen molar-refractivity contribution in [2.45, 2.75) is 25.2 Å². The molecule has 1 aromatic carbocycles. The van der Waals surface area contributed by atoms with Crippen molar-refractivity contribution >= 4 is 0 Å². The van der Waals surface area contributed by atoms with Gasteiger partial charge in [0.2, 0.25) is 6.54 Å². The van der Waals surface area contributed by atoms with Crippen LogP contribution in [0.5, 0.6) is 0 Å². The molecule has 1 aromatic rings. The Labute approximate surface area is 102 Å². The van der Waals surface area contributed by atoms with Gasteiger partial charge < -0.3 is 0 Å². The predicted octanol–water partition coefficient (Wildman–Crippen LogP) is 2.54. The fraction of sp³-hybridized carbons (Fsp3) is 0.455. The zero-order valence-electron chi connectivity index (χ0n) is 9.65. The summed E-state index contributed by atoms with van der Waals surface area (Å²) in [6, 6.07) is 5.71. The van der Waals surface area contributed by atoms with E-state index in [9.17, 15) is 23.3 Å². The van der Waals surface area contributed by atoms with E-state index in [1.54, 1.807) is 30.3 Å². The van der Waals surface area contributed by atoms with E-state index in [1.165, 1.54) is 6.92 Å². The van der Waals surface area contributed by atoms with Crippen LogP contribution < -0.4 is 5.32 Å². The Bertz CT molecular complexity index is 395. The van der Waals surface area contributed by atoms with Gasteiger partial charge in [-0.3, -0.25) is 15.4 Å². The molecule has 0 saturated carbocycles. The first kappa shape index (κ1) is 14.4. The molecule has 2 atom stereocenters. The van der Waals surface area contributed by atoms with Crippen LogP contribution in [0, 0.1) is 10.1 Å². The molecule has 4 nitrogen and oxygen atoms in total. The van der Waals surface area contributed by atoms with Crippen molar-refractivity contribution in [1.29, 1.82) is 0 Å². The molecule has 1 N–H and O–H groups in total. The van der Waals surface area contributed by atoms with Gasteiger partial charge in [0, 0.05) is 11.0 Å². The SMILES string of the molecule is C[C@@H](N[C@@H](C[N+](=O)[O-])C(F)(F)F)c1ccccc1. The van der Waals surface area contributed by atoms with E-state index in [0.29, 0.717) is 5.56 Å². The van der Waals surface area contributed by atoms with Crippen LogP contribution >= 0.6 is 0 Å². The van der Waals surface area contributed by atoms with Gasteiger partial charge in [-0.1, -0.05) is 30.3 Å². The molecule has 0 radical (unpaired) electrons. The minimum Gasteiger partial charge on any atom is -0.294 e. The zero-order chi connectivity index (χ0) is 13.8. The Hall–Kier alpha value is -1.63. The quantitative estimate of drug-likeness (QED) is 0.655. The molecule has 0 spiro atoms. The fourth-order valence-corrected chi connectivity index (χ4v) is 1.54. The lowest BCUT2D eigenvalue weighted by molar-refractivity contribution is -0.491. The normalized spacial score (nSPS) is 15.1. The van der Waals surface area contributed by atoms with Gasteiger partial charge in [0.25, 0.3) is 0 Å². The third kappa shape index (κ3) is 4.33. The molecule has 18 heavy (non-hydrogen) atoms. The molecule has 7 heteroatoms. The van der Waals surface area contributed by atoms with E-state index in [1.807, 2.05) is 0 Å². The average molecular weight is 262 g/mol. The summed E-state index contributed by atoms with van der Waals surface area (Å²) in [5, 5.41) is 12.5. The van der Waals surface area contributed by atoms with E-state index in [4.69, 9.17) is 0 Å². The van der Waals surface area contributed by atoms with E-state index in [-0.39, 0.29) is 0 Å². The lowest BCUT2D eigenvalue weighted by Gasteiger charge is -2.22. The number of hydrogen-bond acceptors (Lipinski definition) is 3. The number of alkyl halides is 3. The maximum atomic E-state index is 12.6. The lowest BCUT2D eigenvalue weighted by atomic mass is 10.1. The largest absolute Gasteiger partial charge is 0.410 e. The summed E-state index contributed by atoms with van der Waals surface area (Å²) >= 11 is 0. The molecule has 0 aliphatic heterocycles. The van der Waals surface area contributed by atoms with Crippen molar-refractivity contribution in [2.24, 2.45) is 0 Å². The molecular weight excluding hydrogens is 249 g/mol. The number of nitro groups is 1. The van der Waals surface area contributed by atoms with Gasteiger partial charge in [-0.15, -0.1) is 0 Å². The summed E-state index contributed by atoms with van der Waals surface area (Å²) in [6.07, 6.45) is -4.64. The first-order valence-corrected chi connectivity index (χ1v) is 5.30. The van der Waals surface area contributed by atoms with Crippen LogP contribution in [-0.2, 0) is 0 Å². The fourth-order valence-electron chi connectivity index (χ4n) is 1.54. The van der Waals surface area contributed by atoms with Gasteiger partial charge in [0.1, 0.15) is 0 Å². The third-order valence-electron chi connectivity index (χ3n) is 2.48. The maximum Gasteiger partial charge on any atom is 0.410 e. The maximum absolute atomic E-state index is 12.6. The van der Waals surface area contributed by atoms with Crippen LogP contribution in [0.4, 0.5) is 13.2 Å². The van der Waals surface area contributed by atoms with E-state index in [2.05, 4.69) is 5.32 Å². The number of rotatable bonds is 5. The lowest BCUT2D eigenvalue weighted by Crippen LogP contribution is -2.47. The van der Waals surface area contributed by atoms with Crippen molar-refractivity contribution in [2.75, 3.05) is 6.54 Å². The summed E-state index contributed by atoms with van der Waals surface area (Å²) in [7, 11) is 0. The molecule has 0 aliphatic rings. The summed E-state index contributed by atoms with van der Waals surface area (Å²) in [5.41, 5.74) is 0.648. The molecule has 0 bridgehead atoms. The first-order chi connectivity index (χ1) is 8.30. The van der Waals surface area contributed by atoms with Crippen molar-refractivity contribution < 1.29 is 18.1 Å². The van der Waals surface area contributed by atoms with Gasteiger partial charge in [-0.2, -0.15) is 13.2 Å². The number of benzene rings is 1. The Kier molecular flexibility index (Phi) is 4.66. The van der Waals surface area contributed by atoms with Gasteiger partial charge in [0.05, 0.1) is 0 Å². The van der Waals surface area contributed by atoms with Gasteiger partial charge >= 0.3 is 6.18 Å². The second kappa shape index (κ2) is 5.81. The van der Waals surface area contributed by atoms with E-state index < -0.39 is 29.7 Å². The van der Waals surface area contributed by atoms with Crippen LogP contribution in [-0.4, -0.2) is 23.7 Å². The molecule has 0 aromatic heterocycles. The summed E-state index contributed by atoms with van der Waals surface area (Å²) in [4.78, 5) is 9.27. The number of halogens is 3. The zero-order valence-corrected chi connectivity index (χ0v) is 9.65. The third-order valence-corrected chi connectivity index (χ3v) is 2.48. The topological polar surface area (TPSA) is 55.2 Å². The Morgan fingerprint density at radius 1 is 1.33 bits per heavy atom. The summed E-state index contributed by atoms with van der Waals surface area (Å²) in [5.74, 6) is 0. The van der Waals surface area contributed by atoms with Crippen LogP contribution in [0.2, 0.25) is 0 Å². The summed E-state index contributed by atoms with van der Waals surface area (Å²) < 4.78 is 37.8. The van der Waals surface area contributed by atoms with Gasteiger partial charge in [-0.05, 0) is 12.5 Å². The number of nitrogens with zero attached hydrogens (tertiary/aromatic N) is 1. The van der Waals surface area contributed by atoms with Crippen LogP contribution in [0.1, 0.15) is 18.5 Å². The number of hydrogen-bond donors (Lipinski definition) is 1. The highest BCUT2D eigenvalue weighted by molar-refractivity contribution is 5.18. The minimum absolute atomic E-state index is 0.613. The molecular formula is C11H13F3N2O2. The van der Waals surface area contributed by atoms with Crippen molar-refractivity contribution in [3.63, 3.8) is 0 Å². The van der Waals surface area contributed by atoms with E-state index >= 15 is 0 Å². The van der Waals surface area contributed by atoms with Crippen molar-refractivity contribution in [3.8, 4) is 0 Å². The second-order valence-corrected chi connectivity index (χ2v) is 3.91. The highest BCUT2D eigenvalue weighted by Gasteiger charge is 2.43. The molecule has 1 rings (SSSR count). The molecule has 0 aliphatic carbocycles. The Balaban J connectivity index is 2.75. The molecule has 0 unspecified atom stereocenters. The Morgan fingerprint density at radius 3 is 2.33 bits per heavy atom. The molecule has 100 valence electrons. The monoisotopic (exact) mass is 262 g/mol. The molecule has 0 heterocycles. The van der Waals surface area contributed by atoms with Gasteiger partial charge in [0.15, 0.2) is 6.04 Å². The average Bonchev–Trinajstić information content (AvgIpc) is 2.27. The smallest absolute Gasteiger partial charge is 0.294 e. The van der Waals surface area contributed by atoms with Crippen LogP contribution in [0.3, 0.4) is 0 Å². The van der Waals surface area contributed by atoms with Crippen molar-refractivity contribution in [1.82, 2.24) is 5.32 Å². The van der Waals surface area contributed by atoms with Crippen LogP contribution in [0.15, 0.2) is 30.3 Å². The van der Waals surface area contributed by atoms with Crippen LogP contribution in [0.25, 0.3) is 0 Å². The minimum atomic E-state index is -4.64. The molecule has 0 amide bonds. The van der Waals surface area contributed by atoms with Gasteiger partial charge in [-0.25, -0.2) is 0 Å². The highest BCUT2D eigenvalue weighted by Crippen LogP contribution is 2.23. The Morgan fingerprint density at radius 2 is 1.89 bits per heavy atom. The first-order valence-electron chi connectivity index (χ1n) is 5.30. The highest BCUT2D eigenvalue weighted by atomic mass is 19.4. The van der Waals surface area contributed by atoms with E-state index in [0.717, 1.165) is 0 Å². The van der Waals surface area contributed by atoms with Crippen molar-refractivity contribution in [3.05, 3.63) is 46.0 Å². The second-order valence-electron chi connectivity index (χ2n) is 3.91. The molecule has 0 saturated heterocycles. The molecule has 0 fully saturated rings. The summed E-state index contributed by atoms with van der Waals surface area (Å²) in [6.45, 7) is 0.356. The standard InChI is InChI=1S/C11H13F3N2O2/c1-8(9-5-3-2-4-6-9)15-10(7-16(17)18)11(12,13)14/h2-6,8,10,15H,7H2,1H3/t8-,10+/m1/s1.